The van der Waals surface area contributed by atoms with Gasteiger partial charge in [-0.2, -0.15) is 0 Å². The van der Waals surface area contributed by atoms with Crippen LogP contribution in [0, 0.1) is 6.92 Å². The number of rotatable bonds is 8. The van der Waals surface area contributed by atoms with Gasteiger partial charge in [-0.25, -0.2) is 0 Å². The van der Waals surface area contributed by atoms with Crippen molar-refractivity contribution in [2.75, 3.05) is 31.0 Å². The smallest absolute Gasteiger partial charge is 0.306 e. The number of nitrogens with one attached hydrogen (secondary N) is 3. The topological polar surface area (TPSA) is 106 Å². The number of hydrogen-bond donors (Lipinski definition) is 3. The molecule has 1 aromatic carbocycles. The first-order valence-corrected chi connectivity index (χ1v) is 8.36. The minimum atomic E-state index is -0.477. The van der Waals surface area contributed by atoms with Crippen LogP contribution in [0.25, 0.3) is 0 Å². The first-order chi connectivity index (χ1) is 12.3. The third-order valence-corrected chi connectivity index (χ3v) is 3.37. The fourth-order valence-electron chi connectivity index (χ4n) is 1.90. The molecular formula is C17H23N3O5S. The van der Waals surface area contributed by atoms with E-state index < -0.39 is 11.9 Å². The van der Waals surface area contributed by atoms with Crippen molar-refractivity contribution >= 4 is 46.5 Å². The molecule has 1 aromatic rings. The molecule has 0 aromatic heterocycles. The van der Waals surface area contributed by atoms with Gasteiger partial charge in [0.25, 0.3) is 0 Å². The SMILES string of the molecule is COCCOC(=O)CCC(=O)NC(=S)Nc1ccc(C)c(NC(C)=O)c1. The molecule has 9 heteroatoms. The molecule has 8 nitrogen and oxygen atoms in total. The number of anilines is 2. The lowest BCUT2D eigenvalue weighted by molar-refractivity contribution is -0.146. The molecule has 3 N–H and O–H groups in total. The second-order valence-corrected chi connectivity index (χ2v) is 5.83. The number of methoxy groups -OCH3 is 1. The molecule has 0 atom stereocenters. The molecule has 26 heavy (non-hydrogen) atoms. The number of carbonyl (C=O) groups is 3. The highest BCUT2D eigenvalue weighted by Crippen LogP contribution is 2.20. The molecule has 0 fully saturated rings. The van der Waals surface area contributed by atoms with E-state index in [0.717, 1.165) is 5.56 Å². The molecule has 0 radical (unpaired) electrons. The van der Waals surface area contributed by atoms with Gasteiger partial charge in [-0.3, -0.25) is 14.4 Å². The maximum absolute atomic E-state index is 11.8. The summed E-state index contributed by atoms with van der Waals surface area (Å²) in [6, 6.07) is 5.29. The summed E-state index contributed by atoms with van der Waals surface area (Å²) in [6.07, 6.45) is -0.0892. The number of esters is 1. The van der Waals surface area contributed by atoms with E-state index in [1.807, 2.05) is 13.0 Å². The quantitative estimate of drug-likeness (QED) is 0.358. The number of ether oxygens (including phenoxy) is 2. The predicted molar refractivity (Wildman–Crippen MR) is 102 cm³/mol. The third-order valence-electron chi connectivity index (χ3n) is 3.17. The molecule has 0 heterocycles. The number of aryl methyl sites for hydroxylation is 1. The molecular weight excluding hydrogens is 358 g/mol. The summed E-state index contributed by atoms with van der Waals surface area (Å²) >= 11 is 5.08. The van der Waals surface area contributed by atoms with Crippen molar-refractivity contribution in [3.63, 3.8) is 0 Å². The summed E-state index contributed by atoms with van der Waals surface area (Å²) in [5.74, 6) is -1.06. The summed E-state index contributed by atoms with van der Waals surface area (Å²) in [4.78, 5) is 34.4. The first kappa shape index (κ1) is 21.5. The van der Waals surface area contributed by atoms with Gasteiger partial charge in [-0.05, 0) is 36.8 Å². The van der Waals surface area contributed by atoms with Gasteiger partial charge in [-0.15, -0.1) is 0 Å². The Morgan fingerprint density at radius 1 is 1.12 bits per heavy atom. The number of hydrogen-bond acceptors (Lipinski definition) is 6. The van der Waals surface area contributed by atoms with Crippen LogP contribution in [0.3, 0.4) is 0 Å². The van der Waals surface area contributed by atoms with Gasteiger partial charge in [0.15, 0.2) is 5.11 Å². The van der Waals surface area contributed by atoms with Crippen molar-refractivity contribution in [1.29, 1.82) is 0 Å². The van der Waals surface area contributed by atoms with Crippen LogP contribution >= 0.6 is 12.2 Å². The highest BCUT2D eigenvalue weighted by atomic mass is 32.1. The average Bonchev–Trinajstić information content (AvgIpc) is 2.55. The Hall–Kier alpha value is -2.52. The maximum Gasteiger partial charge on any atom is 0.306 e. The van der Waals surface area contributed by atoms with Gasteiger partial charge in [0.1, 0.15) is 6.61 Å². The largest absolute Gasteiger partial charge is 0.463 e. The molecule has 0 aliphatic rings. The Morgan fingerprint density at radius 2 is 1.85 bits per heavy atom. The zero-order valence-electron chi connectivity index (χ0n) is 15.0. The number of benzene rings is 1. The molecule has 0 unspecified atom stereocenters. The lowest BCUT2D eigenvalue weighted by atomic mass is 10.2. The summed E-state index contributed by atoms with van der Waals surface area (Å²) in [5, 5.41) is 8.16. The molecule has 1 rings (SSSR count). The van der Waals surface area contributed by atoms with E-state index in [0.29, 0.717) is 18.0 Å². The van der Waals surface area contributed by atoms with Crippen molar-refractivity contribution in [3.8, 4) is 0 Å². The highest BCUT2D eigenvalue weighted by Gasteiger charge is 2.10. The minimum absolute atomic E-state index is 0.0430. The third kappa shape index (κ3) is 8.54. The molecule has 0 spiro atoms. The van der Waals surface area contributed by atoms with Gasteiger partial charge < -0.3 is 25.4 Å². The number of amides is 2. The van der Waals surface area contributed by atoms with Crippen molar-refractivity contribution in [1.82, 2.24) is 5.32 Å². The van der Waals surface area contributed by atoms with E-state index in [-0.39, 0.29) is 30.5 Å². The van der Waals surface area contributed by atoms with Gasteiger partial charge in [-0.1, -0.05) is 6.07 Å². The van der Waals surface area contributed by atoms with Gasteiger partial charge >= 0.3 is 5.97 Å². The lowest BCUT2D eigenvalue weighted by Crippen LogP contribution is -2.34. The van der Waals surface area contributed by atoms with Crippen LogP contribution in [0.4, 0.5) is 11.4 Å². The second-order valence-electron chi connectivity index (χ2n) is 5.43. The Balaban J connectivity index is 2.45. The summed E-state index contributed by atoms with van der Waals surface area (Å²) in [5.41, 5.74) is 2.16. The fraction of sp³-hybridized carbons (Fsp3) is 0.412. The van der Waals surface area contributed by atoms with Crippen LogP contribution in [-0.2, 0) is 23.9 Å². The van der Waals surface area contributed by atoms with E-state index in [1.165, 1.54) is 14.0 Å². The van der Waals surface area contributed by atoms with E-state index in [1.54, 1.807) is 12.1 Å². The maximum atomic E-state index is 11.8. The van der Waals surface area contributed by atoms with Crippen LogP contribution < -0.4 is 16.0 Å². The Labute approximate surface area is 157 Å². The molecule has 0 bridgehead atoms. The zero-order chi connectivity index (χ0) is 19.5. The van der Waals surface area contributed by atoms with Gasteiger partial charge in [0.05, 0.1) is 13.0 Å². The Morgan fingerprint density at radius 3 is 2.50 bits per heavy atom. The lowest BCUT2D eigenvalue weighted by Gasteiger charge is -2.12. The number of carbonyl (C=O) groups excluding carboxylic acids is 3. The summed E-state index contributed by atoms with van der Waals surface area (Å²) < 4.78 is 9.62. The molecule has 0 aliphatic heterocycles. The van der Waals surface area contributed by atoms with Crippen molar-refractivity contribution in [2.45, 2.75) is 26.7 Å². The van der Waals surface area contributed by atoms with E-state index >= 15 is 0 Å². The summed E-state index contributed by atoms with van der Waals surface area (Å²) in [6.45, 7) is 3.75. The molecule has 2 amide bonds. The van der Waals surface area contributed by atoms with Gasteiger partial charge in [0, 0.05) is 31.8 Å². The van der Waals surface area contributed by atoms with Gasteiger partial charge in [0.2, 0.25) is 11.8 Å². The van der Waals surface area contributed by atoms with Crippen molar-refractivity contribution in [2.24, 2.45) is 0 Å². The Kier molecular flexibility index (Phi) is 9.24. The molecule has 0 aliphatic carbocycles. The van der Waals surface area contributed by atoms with Crippen molar-refractivity contribution in [3.05, 3.63) is 23.8 Å². The highest BCUT2D eigenvalue weighted by molar-refractivity contribution is 7.80. The van der Waals surface area contributed by atoms with Crippen LogP contribution in [-0.4, -0.2) is 43.2 Å². The van der Waals surface area contributed by atoms with Crippen LogP contribution in [0.5, 0.6) is 0 Å². The first-order valence-electron chi connectivity index (χ1n) is 7.95. The Bertz CT molecular complexity index is 678. The van der Waals surface area contributed by atoms with Crippen LogP contribution in [0.15, 0.2) is 18.2 Å². The number of thiocarbonyl (C=S) groups is 1. The second kappa shape index (κ2) is 11.2. The zero-order valence-corrected chi connectivity index (χ0v) is 15.8. The average molecular weight is 381 g/mol. The van der Waals surface area contributed by atoms with E-state index in [9.17, 15) is 14.4 Å². The standard InChI is InChI=1S/C17H23N3O5S/c1-11-4-5-13(10-14(11)18-12(2)21)19-17(26)20-15(22)6-7-16(23)25-9-8-24-3/h4-5,10H,6-9H2,1-3H3,(H,18,21)(H2,19,20,22,26). The summed E-state index contributed by atoms with van der Waals surface area (Å²) in [7, 11) is 1.50. The fourth-order valence-corrected chi connectivity index (χ4v) is 2.13. The molecule has 0 saturated carbocycles. The van der Waals surface area contributed by atoms with Crippen LogP contribution in [0.1, 0.15) is 25.3 Å². The minimum Gasteiger partial charge on any atom is -0.463 e. The van der Waals surface area contributed by atoms with Crippen molar-refractivity contribution < 1.29 is 23.9 Å². The predicted octanol–water partition coefficient (Wildman–Crippen LogP) is 1.74. The monoisotopic (exact) mass is 381 g/mol. The normalized spacial score (nSPS) is 9.96. The van der Waals surface area contributed by atoms with E-state index in [2.05, 4.69) is 16.0 Å². The van der Waals surface area contributed by atoms with Crippen LogP contribution in [0.2, 0.25) is 0 Å². The molecule has 0 saturated heterocycles. The van der Waals surface area contributed by atoms with E-state index in [4.69, 9.17) is 21.7 Å². The molecule has 142 valence electrons.